The third-order valence-corrected chi connectivity index (χ3v) is 3.15. The summed E-state index contributed by atoms with van der Waals surface area (Å²) in [6.07, 6.45) is 0. The first kappa shape index (κ1) is 11.7. The van der Waals surface area contributed by atoms with E-state index in [1.807, 2.05) is 19.1 Å². The Morgan fingerprint density at radius 3 is 2.84 bits per heavy atom. The highest BCUT2D eigenvalue weighted by atomic mass is 16.5. The Hall–Kier alpha value is -2.37. The smallest absolute Gasteiger partial charge is 0.315 e. The molecule has 2 amide bonds. The molecule has 0 unspecified atom stereocenters. The van der Waals surface area contributed by atoms with Crippen LogP contribution in [0.4, 0.5) is 5.82 Å². The Labute approximate surface area is 109 Å². The Bertz CT molecular complexity index is 643. The zero-order valence-corrected chi connectivity index (χ0v) is 10.4. The summed E-state index contributed by atoms with van der Waals surface area (Å²) in [5.41, 5.74) is 0.572. The number of carbonyl (C=O) groups is 2. The number of likely N-dealkylation sites (tertiary alicyclic amines) is 1. The lowest BCUT2D eigenvalue weighted by atomic mass is 10.0. The first-order chi connectivity index (χ1) is 9.15. The lowest BCUT2D eigenvalue weighted by Crippen LogP contribution is -2.52. The molecule has 0 radical (unpaired) electrons. The van der Waals surface area contributed by atoms with Crippen LogP contribution in [0.2, 0.25) is 0 Å². The quantitative estimate of drug-likeness (QED) is 0.782. The highest BCUT2D eigenvalue weighted by Gasteiger charge is 2.31. The summed E-state index contributed by atoms with van der Waals surface area (Å²) in [4.78, 5) is 25.1. The van der Waals surface area contributed by atoms with E-state index < -0.39 is 11.8 Å². The lowest BCUT2D eigenvalue weighted by Gasteiger charge is -2.36. The van der Waals surface area contributed by atoms with Crippen molar-refractivity contribution < 1.29 is 14.1 Å². The highest BCUT2D eigenvalue weighted by molar-refractivity contribution is 6.40. The van der Waals surface area contributed by atoms with Crippen LogP contribution in [0.25, 0.3) is 11.0 Å². The number of hydrogen-bond acceptors (Lipinski definition) is 4. The van der Waals surface area contributed by atoms with Crippen molar-refractivity contribution in [1.82, 2.24) is 10.1 Å². The number of rotatable bonds is 1. The number of fused-ring (bicyclic) bond motifs is 1. The van der Waals surface area contributed by atoms with Crippen LogP contribution in [-0.2, 0) is 9.59 Å². The van der Waals surface area contributed by atoms with E-state index in [0.717, 1.165) is 0 Å². The molecule has 1 aliphatic rings. The minimum absolute atomic E-state index is 0.280. The van der Waals surface area contributed by atoms with Crippen LogP contribution >= 0.6 is 0 Å². The van der Waals surface area contributed by atoms with Gasteiger partial charge in [0.25, 0.3) is 0 Å². The monoisotopic (exact) mass is 259 g/mol. The summed E-state index contributed by atoms with van der Waals surface area (Å²) in [7, 11) is 0. The van der Waals surface area contributed by atoms with Crippen LogP contribution < -0.4 is 5.32 Å². The molecule has 1 saturated heterocycles. The Kier molecular flexibility index (Phi) is 2.70. The molecule has 1 N–H and O–H groups in total. The fourth-order valence-corrected chi connectivity index (χ4v) is 2.15. The van der Waals surface area contributed by atoms with Crippen molar-refractivity contribution in [1.29, 1.82) is 0 Å². The Balaban J connectivity index is 1.74. The van der Waals surface area contributed by atoms with E-state index in [1.165, 1.54) is 4.90 Å². The molecule has 0 saturated carbocycles. The first-order valence-electron chi connectivity index (χ1n) is 6.10. The van der Waals surface area contributed by atoms with E-state index in [0.29, 0.717) is 30.0 Å². The normalized spacial score (nSPS) is 15.3. The van der Waals surface area contributed by atoms with Crippen molar-refractivity contribution in [2.75, 3.05) is 18.4 Å². The van der Waals surface area contributed by atoms with Gasteiger partial charge in [0.2, 0.25) is 0 Å². The standard InChI is InChI=1S/C13H13N3O3/c1-8-6-16(7-8)13(18)12(17)14-11-9-4-2-3-5-10(9)19-15-11/h2-5,8H,6-7H2,1H3,(H,14,15,17). The molecule has 0 spiro atoms. The van der Waals surface area contributed by atoms with E-state index in [4.69, 9.17) is 4.52 Å². The summed E-state index contributed by atoms with van der Waals surface area (Å²) in [5, 5.41) is 6.93. The molecule has 3 rings (SSSR count). The number of benzene rings is 1. The highest BCUT2D eigenvalue weighted by Crippen LogP contribution is 2.22. The van der Waals surface area contributed by atoms with Crippen molar-refractivity contribution >= 4 is 28.6 Å². The molecule has 6 heteroatoms. The maximum absolute atomic E-state index is 11.8. The molecule has 98 valence electrons. The van der Waals surface area contributed by atoms with E-state index in [9.17, 15) is 9.59 Å². The van der Waals surface area contributed by atoms with Crippen molar-refractivity contribution in [3.8, 4) is 0 Å². The van der Waals surface area contributed by atoms with Gasteiger partial charge in [-0.25, -0.2) is 0 Å². The second-order valence-corrected chi connectivity index (χ2v) is 4.80. The van der Waals surface area contributed by atoms with Gasteiger partial charge in [-0.1, -0.05) is 24.2 Å². The molecular weight excluding hydrogens is 246 g/mol. The summed E-state index contributed by atoms with van der Waals surface area (Å²) >= 11 is 0. The number of hydrogen-bond donors (Lipinski definition) is 1. The Morgan fingerprint density at radius 2 is 2.11 bits per heavy atom. The third-order valence-electron chi connectivity index (χ3n) is 3.15. The average molecular weight is 259 g/mol. The average Bonchev–Trinajstić information content (AvgIpc) is 2.78. The fourth-order valence-electron chi connectivity index (χ4n) is 2.15. The zero-order valence-electron chi connectivity index (χ0n) is 10.4. The predicted molar refractivity (Wildman–Crippen MR) is 68.4 cm³/mol. The van der Waals surface area contributed by atoms with Crippen LogP contribution in [0.1, 0.15) is 6.92 Å². The number of para-hydroxylation sites is 1. The fraction of sp³-hybridized carbons (Fsp3) is 0.308. The molecule has 0 bridgehead atoms. The van der Waals surface area contributed by atoms with Crippen molar-refractivity contribution in [3.63, 3.8) is 0 Å². The van der Waals surface area contributed by atoms with E-state index >= 15 is 0 Å². The molecule has 1 aliphatic heterocycles. The summed E-state index contributed by atoms with van der Waals surface area (Å²) in [5.74, 6) is -0.455. The minimum Gasteiger partial charge on any atom is -0.354 e. The van der Waals surface area contributed by atoms with Crippen LogP contribution in [0.15, 0.2) is 28.8 Å². The zero-order chi connectivity index (χ0) is 13.4. The largest absolute Gasteiger partial charge is 0.354 e. The van der Waals surface area contributed by atoms with Gasteiger partial charge in [0.15, 0.2) is 11.4 Å². The molecule has 1 aromatic carbocycles. The van der Waals surface area contributed by atoms with Crippen LogP contribution in [0.5, 0.6) is 0 Å². The van der Waals surface area contributed by atoms with Crippen LogP contribution in [-0.4, -0.2) is 35.0 Å². The van der Waals surface area contributed by atoms with E-state index in [1.54, 1.807) is 12.1 Å². The third kappa shape index (κ3) is 2.05. The molecule has 2 heterocycles. The number of aromatic nitrogens is 1. The molecule has 1 fully saturated rings. The van der Waals surface area contributed by atoms with Gasteiger partial charge in [0, 0.05) is 13.1 Å². The second kappa shape index (κ2) is 4.38. The molecule has 0 atom stereocenters. The van der Waals surface area contributed by atoms with Crippen molar-refractivity contribution in [3.05, 3.63) is 24.3 Å². The molecule has 19 heavy (non-hydrogen) atoms. The summed E-state index contributed by atoms with van der Waals surface area (Å²) < 4.78 is 5.06. The summed E-state index contributed by atoms with van der Waals surface area (Å²) in [6.45, 7) is 3.30. The second-order valence-electron chi connectivity index (χ2n) is 4.80. The van der Waals surface area contributed by atoms with E-state index in [2.05, 4.69) is 10.5 Å². The Morgan fingerprint density at radius 1 is 1.37 bits per heavy atom. The van der Waals surface area contributed by atoms with E-state index in [-0.39, 0.29) is 5.82 Å². The van der Waals surface area contributed by atoms with Crippen LogP contribution in [0.3, 0.4) is 0 Å². The molecule has 2 aromatic rings. The number of amides is 2. The number of nitrogens with one attached hydrogen (secondary N) is 1. The molecular formula is C13H13N3O3. The minimum atomic E-state index is -0.675. The number of anilines is 1. The first-order valence-corrected chi connectivity index (χ1v) is 6.10. The predicted octanol–water partition coefficient (Wildman–Crippen LogP) is 1.24. The maximum atomic E-state index is 11.8. The molecule has 0 aliphatic carbocycles. The van der Waals surface area contributed by atoms with Gasteiger partial charge in [-0.3, -0.25) is 14.9 Å². The van der Waals surface area contributed by atoms with Gasteiger partial charge >= 0.3 is 11.8 Å². The number of carbonyl (C=O) groups excluding carboxylic acids is 2. The van der Waals surface area contributed by atoms with Gasteiger partial charge in [0.05, 0.1) is 5.39 Å². The van der Waals surface area contributed by atoms with Gasteiger partial charge < -0.3 is 9.42 Å². The van der Waals surface area contributed by atoms with Gasteiger partial charge in [-0.05, 0) is 18.1 Å². The van der Waals surface area contributed by atoms with Crippen molar-refractivity contribution in [2.45, 2.75) is 6.92 Å². The topological polar surface area (TPSA) is 75.4 Å². The molecule has 1 aromatic heterocycles. The number of nitrogens with zero attached hydrogens (tertiary/aromatic N) is 2. The summed E-state index contributed by atoms with van der Waals surface area (Å²) in [6, 6.07) is 7.15. The van der Waals surface area contributed by atoms with Gasteiger partial charge in [-0.2, -0.15) is 0 Å². The SMILES string of the molecule is CC1CN(C(=O)C(=O)Nc2noc3ccccc23)C1. The van der Waals surface area contributed by atoms with Gasteiger partial charge in [0.1, 0.15) is 0 Å². The molecule has 6 nitrogen and oxygen atoms in total. The maximum Gasteiger partial charge on any atom is 0.315 e. The lowest BCUT2D eigenvalue weighted by molar-refractivity contribution is -0.147. The van der Waals surface area contributed by atoms with Crippen molar-refractivity contribution in [2.24, 2.45) is 5.92 Å². The van der Waals surface area contributed by atoms with Gasteiger partial charge in [-0.15, -0.1) is 0 Å². The van der Waals surface area contributed by atoms with Crippen LogP contribution in [0, 0.1) is 5.92 Å².